The Kier molecular flexibility index (Phi) is 6.71. The predicted molar refractivity (Wildman–Crippen MR) is 41.7 cm³/mol. The zero-order chi connectivity index (χ0) is 20.9. The second-order valence-corrected chi connectivity index (χ2v) is 12.9. The van der Waals surface area contributed by atoms with Crippen molar-refractivity contribution in [3.05, 3.63) is 0 Å². The van der Waals surface area contributed by atoms with E-state index >= 15 is 0 Å². The molecule has 0 atom stereocenters. The zero-order valence-corrected chi connectivity index (χ0v) is 16.4. The predicted octanol–water partition coefficient (Wildman–Crippen LogP) is 5.33. The normalized spacial score (nSPS) is 15.8. The van der Waals surface area contributed by atoms with Gasteiger partial charge in [0.1, 0.15) is 0 Å². The fraction of sp³-hybridized carbons (Fsp3) is 1.00. The summed E-state index contributed by atoms with van der Waals surface area (Å²) in [6.07, 6.45) is -11.1. The summed E-state index contributed by atoms with van der Waals surface area (Å²) in [6, 6.07) is 0. The van der Waals surface area contributed by atoms with Crippen LogP contribution in [0.15, 0.2) is 0 Å². The minimum absolute atomic E-state index is 5.56. The van der Waals surface area contributed by atoms with E-state index in [0.717, 1.165) is 0 Å². The topological polar surface area (TPSA) is 0 Å². The molecule has 17 heteroatoms. The van der Waals surface area contributed by atoms with Crippen LogP contribution in [0.4, 0.5) is 70.2 Å². The molecule has 0 aliphatic heterocycles. The number of alkyl halides is 16. The van der Waals surface area contributed by atoms with Crippen molar-refractivity contribution in [3.63, 3.8) is 0 Å². The average Bonchev–Trinajstić information content (AvgIpc) is 2.35. The van der Waals surface area contributed by atoms with Crippen molar-refractivity contribution < 1.29 is 94.8 Å². The van der Waals surface area contributed by atoms with E-state index in [1.165, 1.54) is 0 Å². The van der Waals surface area contributed by atoms with Crippen LogP contribution in [0.3, 0.4) is 0 Å². The van der Waals surface area contributed by atoms with E-state index in [4.69, 9.17) is 0 Å². The Morgan fingerprint density at radius 3 is 0.800 bits per heavy atom. The Morgan fingerprint density at radius 1 is 0.440 bits per heavy atom. The number of hydrogen-bond acceptors (Lipinski definition) is 0. The molecular weight excluding hydrogens is 601 g/mol. The molecule has 0 aromatic carbocycles. The van der Waals surface area contributed by atoms with E-state index in [1.807, 2.05) is 0 Å². The Hall–Kier alpha value is -0.185. The summed E-state index contributed by atoms with van der Waals surface area (Å²) < 4.78 is 186. The number of hydrogen-bond donors (Lipinski definition) is 0. The molecule has 0 saturated carbocycles. The monoisotopic (exact) mass is 604 g/mol. The van der Waals surface area contributed by atoms with Crippen molar-refractivity contribution in [1.82, 2.24) is 0 Å². The van der Waals surface area contributed by atoms with Crippen molar-refractivity contribution in [1.29, 1.82) is 0 Å². The average molecular weight is 603 g/mol. The van der Waals surface area contributed by atoms with E-state index in [1.54, 1.807) is 0 Å². The first-order chi connectivity index (χ1) is 10.6. The number of halogens is 16. The van der Waals surface area contributed by atoms with Crippen LogP contribution in [0.25, 0.3) is 0 Å². The fourth-order valence-corrected chi connectivity index (χ4v) is 6.99. The molecule has 0 aliphatic rings. The summed E-state index contributed by atoms with van der Waals surface area (Å²) in [4.78, 5) is 0. The Morgan fingerprint density at radius 2 is 0.640 bits per heavy atom. The number of rotatable bonds is 8. The van der Waals surface area contributed by atoms with Gasteiger partial charge in [-0.25, -0.2) is 0 Å². The van der Waals surface area contributed by atoms with Crippen molar-refractivity contribution in [2.24, 2.45) is 0 Å². The van der Waals surface area contributed by atoms with Crippen LogP contribution in [-0.2, 0) is 24.6 Å². The van der Waals surface area contributed by atoms with Crippen LogP contribution in [-0.4, -0.2) is 43.4 Å². The van der Waals surface area contributed by atoms with E-state index in [2.05, 4.69) is 0 Å². The molecule has 0 spiro atoms. The molecule has 0 aromatic heterocycles. The van der Waals surface area contributed by atoms with Crippen molar-refractivity contribution in [2.75, 3.05) is 0 Å². The third kappa shape index (κ3) is 3.91. The molecule has 0 amide bonds. The molecule has 0 rings (SSSR count). The van der Waals surface area contributed by atoms with Crippen LogP contribution in [0.1, 0.15) is 0 Å². The molecule has 25 heavy (non-hydrogen) atoms. The van der Waals surface area contributed by atoms with E-state index in [9.17, 15) is 70.2 Å². The van der Waals surface area contributed by atoms with Crippen LogP contribution in [0.5, 0.6) is 0 Å². The van der Waals surface area contributed by atoms with Gasteiger partial charge >= 0.3 is 138 Å². The molecule has 0 N–H and O–H groups in total. The third-order valence-corrected chi connectivity index (χ3v) is 9.65. The first-order valence-electron chi connectivity index (χ1n) is 5.43. The Bertz CT molecular complexity index is 425. The molecule has 148 valence electrons. The van der Waals surface area contributed by atoms with Gasteiger partial charge < -0.3 is 0 Å². The molecule has 0 saturated heterocycles. The molecule has 0 aliphatic carbocycles. The summed E-state index contributed by atoms with van der Waals surface area (Å²) in [5.41, 5.74) is 0. The molecule has 0 nitrogen and oxygen atoms in total. The quantitative estimate of drug-likeness (QED) is 0.261. The molecular formula is C8H2F16Hg. The fourth-order valence-electron chi connectivity index (χ4n) is 1.26. The second kappa shape index (κ2) is 6.76. The maximum absolute atomic E-state index is 13.0. The van der Waals surface area contributed by atoms with Gasteiger partial charge in [-0.15, -0.1) is 0 Å². The van der Waals surface area contributed by atoms with Crippen molar-refractivity contribution in [2.45, 2.75) is 43.4 Å². The summed E-state index contributed by atoms with van der Waals surface area (Å²) in [5, 5.41) is 0. The maximum atomic E-state index is 13.0. The van der Waals surface area contributed by atoms with E-state index < -0.39 is 68.0 Å². The van der Waals surface area contributed by atoms with Gasteiger partial charge in [0.2, 0.25) is 0 Å². The molecule has 0 unspecified atom stereocenters. The van der Waals surface area contributed by atoms with Gasteiger partial charge in [0.15, 0.2) is 0 Å². The molecule has 0 heterocycles. The Labute approximate surface area is 138 Å². The summed E-state index contributed by atoms with van der Waals surface area (Å²) >= 11 is -7.12. The zero-order valence-electron chi connectivity index (χ0n) is 10.9. The second-order valence-electron chi connectivity index (χ2n) is 4.58. The SMILES string of the molecule is FC(F)C(F)(F)C(F)(F)[C](F)(F)[Hg][C](F)(F)C(F)(F)C(F)(F)C(F)F. The van der Waals surface area contributed by atoms with Crippen LogP contribution < -0.4 is 0 Å². The van der Waals surface area contributed by atoms with Gasteiger partial charge in [-0.05, 0) is 0 Å². The van der Waals surface area contributed by atoms with E-state index in [-0.39, 0.29) is 0 Å². The first-order valence-corrected chi connectivity index (χ1v) is 10.9. The summed E-state index contributed by atoms with van der Waals surface area (Å²) in [6.45, 7) is 0. The van der Waals surface area contributed by atoms with Crippen LogP contribution >= 0.6 is 0 Å². The van der Waals surface area contributed by atoms with Gasteiger partial charge in [0, 0.05) is 0 Å². The van der Waals surface area contributed by atoms with Crippen LogP contribution in [0.2, 0.25) is 0 Å². The van der Waals surface area contributed by atoms with Crippen molar-refractivity contribution >= 4 is 0 Å². The molecule has 0 radical (unpaired) electrons. The standard InChI is InChI=1S/2C4HF8.Hg/c2*5-1(6)3(9,10)4(11,12)2(7)8;/h2*1H;. The van der Waals surface area contributed by atoms with Gasteiger partial charge in [0.25, 0.3) is 0 Å². The Balaban J connectivity index is 5.96. The van der Waals surface area contributed by atoms with Gasteiger partial charge in [-0.1, -0.05) is 0 Å². The molecule has 0 fully saturated rings. The van der Waals surface area contributed by atoms with Gasteiger partial charge in [-0.2, -0.15) is 0 Å². The summed E-state index contributed by atoms with van der Waals surface area (Å²) in [5.74, 6) is -28.6. The van der Waals surface area contributed by atoms with Crippen molar-refractivity contribution in [3.8, 4) is 0 Å². The van der Waals surface area contributed by atoms with Crippen LogP contribution in [0, 0.1) is 0 Å². The molecule has 0 bridgehead atoms. The minimum atomic E-state index is -7.31. The van der Waals surface area contributed by atoms with E-state index in [0.29, 0.717) is 0 Å². The molecule has 0 aromatic rings. The van der Waals surface area contributed by atoms with Gasteiger partial charge in [-0.3, -0.25) is 0 Å². The van der Waals surface area contributed by atoms with Gasteiger partial charge in [0.05, 0.1) is 0 Å². The third-order valence-electron chi connectivity index (χ3n) is 2.75. The summed E-state index contributed by atoms with van der Waals surface area (Å²) in [7, 11) is 0. The first kappa shape index (κ1) is 24.8.